The standard InChI is InChI=1S/C8H5F6N5O2S/c9-7(10,11)5-1-3-19(16-5)18-4-2-15-6(18)17-22(20,21)8(12,13)14/h1-4H,(H,15,17). The van der Waals surface area contributed by atoms with E-state index in [2.05, 4.69) is 10.1 Å². The highest BCUT2D eigenvalue weighted by Gasteiger charge is 2.46. The molecule has 22 heavy (non-hydrogen) atoms. The zero-order valence-corrected chi connectivity index (χ0v) is 10.9. The fourth-order valence-corrected chi connectivity index (χ4v) is 1.80. The minimum atomic E-state index is -5.77. The molecule has 0 unspecified atom stereocenters. The number of nitrogens with zero attached hydrogens (tertiary/aromatic N) is 4. The van der Waals surface area contributed by atoms with Gasteiger partial charge in [-0.15, -0.1) is 5.10 Å². The SMILES string of the molecule is O=S(=O)(Nc1nccn1-n1ccc(C(F)(F)F)n1)C(F)(F)F. The van der Waals surface area contributed by atoms with Gasteiger partial charge in [-0.25, -0.2) is 14.4 Å². The Morgan fingerprint density at radius 3 is 2.23 bits per heavy atom. The molecule has 0 saturated heterocycles. The van der Waals surface area contributed by atoms with E-state index in [-0.39, 0.29) is 0 Å². The normalized spacial score (nSPS) is 13.4. The largest absolute Gasteiger partial charge is 0.516 e. The van der Waals surface area contributed by atoms with Crippen LogP contribution in [0.5, 0.6) is 0 Å². The number of aromatic nitrogens is 4. The van der Waals surface area contributed by atoms with Gasteiger partial charge in [-0.3, -0.25) is 0 Å². The summed E-state index contributed by atoms with van der Waals surface area (Å²) in [6.45, 7) is 0. The Morgan fingerprint density at radius 2 is 1.73 bits per heavy atom. The van der Waals surface area contributed by atoms with Crippen LogP contribution in [-0.4, -0.2) is 33.5 Å². The molecule has 0 aromatic carbocycles. The summed E-state index contributed by atoms with van der Waals surface area (Å²) < 4.78 is 97.6. The van der Waals surface area contributed by atoms with Crippen molar-refractivity contribution in [2.24, 2.45) is 0 Å². The number of hydrogen-bond donors (Lipinski definition) is 1. The first-order valence-electron chi connectivity index (χ1n) is 5.18. The van der Waals surface area contributed by atoms with Crippen LogP contribution in [-0.2, 0) is 16.2 Å². The van der Waals surface area contributed by atoms with Gasteiger partial charge in [-0.1, -0.05) is 0 Å². The monoisotopic (exact) mass is 349 g/mol. The van der Waals surface area contributed by atoms with Gasteiger partial charge >= 0.3 is 21.7 Å². The molecule has 122 valence electrons. The van der Waals surface area contributed by atoms with Gasteiger partial charge in [-0.05, 0) is 6.07 Å². The predicted molar refractivity (Wildman–Crippen MR) is 58.8 cm³/mol. The number of halogens is 6. The van der Waals surface area contributed by atoms with Gasteiger partial charge in [0.05, 0.1) is 12.4 Å². The zero-order chi connectivity index (χ0) is 16.8. The third-order valence-corrected chi connectivity index (χ3v) is 3.30. The second-order valence-corrected chi connectivity index (χ2v) is 5.44. The number of imidazole rings is 1. The first-order valence-corrected chi connectivity index (χ1v) is 6.66. The molecule has 7 nitrogen and oxygen atoms in total. The van der Waals surface area contributed by atoms with Crippen molar-refractivity contribution in [3.8, 4) is 0 Å². The van der Waals surface area contributed by atoms with Crippen LogP contribution in [0.1, 0.15) is 5.69 Å². The molecule has 1 N–H and O–H groups in total. The second-order valence-electron chi connectivity index (χ2n) is 3.77. The number of sulfonamides is 1. The van der Waals surface area contributed by atoms with Gasteiger partial charge in [0.1, 0.15) is 0 Å². The van der Waals surface area contributed by atoms with Gasteiger partial charge in [0.15, 0.2) is 5.69 Å². The third kappa shape index (κ3) is 3.00. The van der Waals surface area contributed by atoms with Gasteiger partial charge in [-0.2, -0.15) is 39.6 Å². The van der Waals surface area contributed by atoms with Crippen molar-refractivity contribution >= 4 is 16.0 Å². The molecule has 0 saturated carbocycles. The average Bonchev–Trinajstić information content (AvgIpc) is 2.93. The van der Waals surface area contributed by atoms with E-state index in [1.165, 1.54) is 0 Å². The summed E-state index contributed by atoms with van der Waals surface area (Å²) in [5.41, 5.74) is -6.92. The van der Waals surface area contributed by atoms with Gasteiger partial charge in [0, 0.05) is 6.20 Å². The maximum atomic E-state index is 12.4. The van der Waals surface area contributed by atoms with Gasteiger partial charge < -0.3 is 0 Å². The van der Waals surface area contributed by atoms with Crippen molar-refractivity contribution < 1.29 is 34.8 Å². The molecule has 0 fully saturated rings. The Kier molecular flexibility index (Phi) is 3.59. The molecule has 0 amide bonds. The molecule has 2 rings (SSSR count). The molecular formula is C8H5F6N5O2S. The summed E-state index contributed by atoms with van der Waals surface area (Å²) >= 11 is 0. The minimum absolute atomic E-state index is 0.476. The van der Waals surface area contributed by atoms with E-state index in [4.69, 9.17) is 0 Å². The first-order chi connectivity index (χ1) is 9.92. The predicted octanol–water partition coefficient (Wildman–Crippen LogP) is 1.67. The molecule has 14 heteroatoms. The number of alkyl halides is 6. The molecule has 0 spiro atoms. The number of nitrogens with one attached hydrogen (secondary N) is 1. The van der Waals surface area contributed by atoms with E-state index in [0.29, 0.717) is 15.5 Å². The molecule has 2 aromatic heterocycles. The Morgan fingerprint density at radius 1 is 1.09 bits per heavy atom. The molecule has 0 radical (unpaired) electrons. The van der Waals surface area contributed by atoms with E-state index >= 15 is 0 Å². The number of hydrogen-bond acceptors (Lipinski definition) is 4. The summed E-state index contributed by atoms with van der Waals surface area (Å²) in [5.74, 6) is -0.880. The van der Waals surface area contributed by atoms with Crippen molar-refractivity contribution in [1.82, 2.24) is 19.5 Å². The Hall–Kier alpha value is -2.25. The lowest BCUT2D eigenvalue weighted by molar-refractivity contribution is -0.141. The highest BCUT2D eigenvalue weighted by Crippen LogP contribution is 2.28. The Balaban J connectivity index is 2.37. The lowest BCUT2D eigenvalue weighted by Crippen LogP contribution is -2.31. The van der Waals surface area contributed by atoms with Gasteiger partial charge in [0.25, 0.3) is 0 Å². The maximum absolute atomic E-state index is 12.4. The third-order valence-electron chi connectivity index (χ3n) is 2.24. The Labute approximate surface area is 118 Å². The summed E-state index contributed by atoms with van der Waals surface area (Å²) in [6, 6.07) is 0.558. The lowest BCUT2D eigenvalue weighted by atomic mass is 10.4. The van der Waals surface area contributed by atoms with Gasteiger partial charge in [0.2, 0.25) is 5.95 Å². The van der Waals surface area contributed by atoms with Crippen molar-refractivity contribution in [1.29, 1.82) is 0 Å². The quantitative estimate of drug-likeness (QED) is 0.855. The van der Waals surface area contributed by atoms with Crippen LogP contribution in [0.15, 0.2) is 24.7 Å². The summed E-state index contributed by atoms with van der Waals surface area (Å²) in [5, 5.41) is 3.08. The molecule has 0 aliphatic rings. The van der Waals surface area contributed by atoms with E-state index in [0.717, 1.165) is 23.3 Å². The van der Waals surface area contributed by atoms with Crippen LogP contribution in [0.4, 0.5) is 32.3 Å². The molecule has 0 atom stereocenters. The van der Waals surface area contributed by atoms with Crippen molar-refractivity contribution in [2.75, 3.05) is 4.72 Å². The van der Waals surface area contributed by atoms with Crippen LogP contribution < -0.4 is 4.72 Å². The second kappa shape index (κ2) is 4.89. The Bertz CT molecular complexity index is 774. The fraction of sp³-hybridized carbons (Fsp3) is 0.250. The fourth-order valence-electron chi connectivity index (χ4n) is 1.30. The minimum Gasteiger partial charge on any atom is -0.244 e. The molecule has 2 aromatic rings. The van der Waals surface area contributed by atoms with Crippen LogP contribution in [0.25, 0.3) is 0 Å². The van der Waals surface area contributed by atoms with Crippen molar-refractivity contribution in [3.63, 3.8) is 0 Å². The molecule has 0 bridgehead atoms. The van der Waals surface area contributed by atoms with E-state index < -0.39 is 33.4 Å². The van der Waals surface area contributed by atoms with Crippen LogP contribution in [0.2, 0.25) is 0 Å². The lowest BCUT2D eigenvalue weighted by Gasteiger charge is -2.11. The zero-order valence-electron chi connectivity index (χ0n) is 10.1. The summed E-state index contributed by atoms with van der Waals surface area (Å²) in [4.78, 5) is 3.77. The molecule has 2 heterocycles. The van der Waals surface area contributed by atoms with E-state index in [1.54, 1.807) is 0 Å². The summed E-state index contributed by atoms with van der Waals surface area (Å²) in [6.07, 6.45) is -2.20. The van der Waals surface area contributed by atoms with Crippen molar-refractivity contribution in [3.05, 3.63) is 30.4 Å². The molecular weight excluding hydrogens is 344 g/mol. The van der Waals surface area contributed by atoms with E-state index in [9.17, 15) is 34.8 Å². The van der Waals surface area contributed by atoms with Crippen LogP contribution in [0, 0.1) is 0 Å². The van der Waals surface area contributed by atoms with Crippen LogP contribution in [0.3, 0.4) is 0 Å². The number of rotatable bonds is 3. The summed E-state index contributed by atoms with van der Waals surface area (Å²) in [7, 11) is -5.77. The highest BCUT2D eigenvalue weighted by atomic mass is 32.2. The number of anilines is 1. The van der Waals surface area contributed by atoms with E-state index in [1.807, 2.05) is 0 Å². The topological polar surface area (TPSA) is 81.8 Å². The molecule has 0 aliphatic heterocycles. The average molecular weight is 349 g/mol. The smallest absolute Gasteiger partial charge is 0.244 e. The first kappa shape index (κ1) is 16.1. The van der Waals surface area contributed by atoms with Crippen molar-refractivity contribution in [2.45, 2.75) is 11.7 Å². The highest BCUT2D eigenvalue weighted by molar-refractivity contribution is 7.93. The molecule has 0 aliphatic carbocycles. The van der Waals surface area contributed by atoms with Crippen LogP contribution >= 0.6 is 0 Å². The maximum Gasteiger partial charge on any atom is 0.516 e.